The number of anilines is 1. The van der Waals surface area contributed by atoms with E-state index in [4.69, 9.17) is 4.98 Å². The van der Waals surface area contributed by atoms with Gasteiger partial charge in [-0.2, -0.15) is 5.10 Å². The molecule has 0 spiro atoms. The van der Waals surface area contributed by atoms with Gasteiger partial charge in [0, 0.05) is 31.5 Å². The predicted octanol–water partition coefficient (Wildman–Crippen LogP) is 3.64. The fraction of sp³-hybridized carbons (Fsp3) is 0.286. The highest BCUT2D eigenvalue weighted by atomic mass is 15.3. The van der Waals surface area contributed by atoms with Crippen LogP contribution in [0.5, 0.6) is 0 Å². The molecule has 0 aliphatic carbocycles. The summed E-state index contributed by atoms with van der Waals surface area (Å²) in [5, 5.41) is 4.57. The third-order valence-corrected chi connectivity index (χ3v) is 4.56. The molecule has 4 aromatic rings. The summed E-state index contributed by atoms with van der Waals surface area (Å²) >= 11 is 0. The maximum atomic E-state index is 4.75. The molecule has 28 heavy (non-hydrogen) atoms. The van der Waals surface area contributed by atoms with Crippen LogP contribution in [0, 0.1) is 6.92 Å². The fourth-order valence-corrected chi connectivity index (χ4v) is 3.18. The molecule has 0 saturated carbocycles. The molecule has 0 aliphatic rings. The lowest BCUT2D eigenvalue weighted by Crippen LogP contribution is -2.20. The molecular formula is C21H23N7. The molecule has 0 aliphatic heterocycles. The Morgan fingerprint density at radius 2 is 1.86 bits per heavy atom. The molecule has 7 nitrogen and oxygen atoms in total. The first-order chi connectivity index (χ1) is 13.6. The Balaban J connectivity index is 1.57. The van der Waals surface area contributed by atoms with E-state index in [9.17, 15) is 0 Å². The van der Waals surface area contributed by atoms with Gasteiger partial charge in [-0.1, -0.05) is 19.1 Å². The van der Waals surface area contributed by atoms with E-state index in [1.165, 1.54) is 0 Å². The third kappa shape index (κ3) is 3.69. The van der Waals surface area contributed by atoms with Crippen molar-refractivity contribution in [2.75, 3.05) is 11.9 Å². The Morgan fingerprint density at radius 3 is 2.68 bits per heavy atom. The molecule has 0 N–H and O–H groups in total. The monoisotopic (exact) mass is 373 g/mol. The summed E-state index contributed by atoms with van der Waals surface area (Å²) in [5.41, 5.74) is 5.55. The summed E-state index contributed by atoms with van der Waals surface area (Å²) in [5.74, 6) is 0.648. The Kier molecular flexibility index (Phi) is 4.97. The predicted molar refractivity (Wildman–Crippen MR) is 110 cm³/mol. The van der Waals surface area contributed by atoms with Crippen LogP contribution in [0.1, 0.15) is 24.7 Å². The lowest BCUT2D eigenvalue weighted by molar-refractivity contribution is 0.598. The van der Waals surface area contributed by atoms with E-state index in [0.29, 0.717) is 12.5 Å². The highest BCUT2D eigenvalue weighted by Crippen LogP contribution is 2.22. The highest BCUT2D eigenvalue weighted by molar-refractivity contribution is 5.73. The van der Waals surface area contributed by atoms with Gasteiger partial charge in [0.1, 0.15) is 0 Å². The van der Waals surface area contributed by atoms with E-state index in [-0.39, 0.29) is 0 Å². The van der Waals surface area contributed by atoms with Crippen LogP contribution >= 0.6 is 0 Å². The molecule has 0 atom stereocenters. The lowest BCUT2D eigenvalue weighted by atomic mass is 10.2. The third-order valence-electron chi connectivity index (χ3n) is 4.56. The van der Waals surface area contributed by atoms with Gasteiger partial charge < -0.3 is 4.90 Å². The second-order valence-electron chi connectivity index (χ2n) is 6.84. The van der Waals surface area contributed by atoms with Gasteiger partial charge >= 0.3 is 0 Å². The lowest BCUT2D eigenvalue weighted by Gasteiger charge is -2.17. The zero-order valence-electron chi connectivity index (χ0n) is 16.4. The largest absolute Gasteiger partial charge is 0.338 e. The van der Waals surface area contributed by atoms with Gasteiger partial charge in [0.05, 0.1) is 40.9 Å². The molecule has 1 aromatic carbocycles. The molecule has 0 saturated heterocycles. The van der Waals surface area contributed by atoms with Crippen molar-refractivity contribution in [1.29, 1.82) is 0 Å². The number of rotatable bonds is 6. The summed E-state index contributed by atoms with van der Waals surface area (Å²) in [4.78, 5) is 20.3. The van der Waals surface area contributed by atoms with Crippen molar-refractivity contribution < 1.29 is 0 Å². The molecule has 7 heteroatoms. The molecule has 0 bridgehead atoms. The quantitative estimate of drug-likeness (QED) is 0.514. The van der Waals surface area contributed by atoms with Gasteiger partial charge in [0.25, 0.3) is 0 Å². The van der Waals surface area contributed by atoms with Gasteiger partial charge in [0.2, 0.25) is 5.95 Å². The smallest absolute Gasteiger partial charge is 0.225 e. The van der Waals surface area contributed by atoms with Crippen LogP contribution in [-0.4, -0.2) is 36.8 Å². The van der Waals surface area contributed by atoms with Crippen LogP contribution in [-0.2, 0) is 13.1 Å². The Bertz CT molecular complexity index is 1100. The number of aromatic nitrogens is 6. The van der Waals surface area contributed by atoms with E-state index in [0.717, 1.165) is 46.6 Å². The average molecular weight is 373 g/mol. The first-order valence-electron chi connectivity index (χ1n) is 9.43. The van der Waals surface area contributed by atoms with E-state index in [1.54, 1.807) is 6.20 Å². The number of nitrogens with zero attached hydrogens (tertiary/aromatic N) is 7. The van der Waals surface area contributed by atoms with E-state index in [1.807, 2.05) is 60.1 Å². The molecule has 4 rings (SSSR count). The van der Waals surface area contributed by atoms with Gasteiger partial charge in [0.15, 0.2) is 0 Å². The minimum atomic E-state index is 0.579. The minimum absolute atomic E-state index is 0.579. The molecular weight excluding hydrogens is 350 g/mol. The summed E-state index contributed by atoms with van der Waals surface area (Å²) in [7, 11) is 1.96. The molecule has 0 unspecified atom stereocenters. The van der Waals surface area contributed by atoms with Gasteiger partial charge in [-0.15, -0.1) is 0 Å². The van der Waals surface area contributed by atoms with Crippen LogP contribution in [0.15, 0.2) is 48.9 Å². The number of hydrogen-bond donors (Lipinski definition) is 0. The zero-order chi connectivity index (χ0) is 19.5. The fourth-order valence-electron chi connectivity index (χ4n) is 3.18. The summed E-state index contributed by atoms with van der Waals surface area (Å²) in [6.45, 7) is 5.64. The molecule has 142 valence electrons. The maximum absolute atomic E-state index is 4.75. The SMILES string of the molecule is CCCn1cc(-c2ccnc(N(C)Cc3cnc4ccccc4n3)n2)c(C)n1. The van der Waals surface area contributed by atoms with Crippen LogP contribution in [0.3, 0.4) is 0 Å². The van der Waals surface area contributed by atoms with Gasteiger partial charge in [-0.25, -0.2) is 15.0 Å². The molecule has 0 radical (unpaired) electrons. The standard InChI is InChI=1S/C21H23N7/c1-4-11-28-14-17(15(2)26-28)18-9-10-22-21(25-18)27(3)13-16-12-23-19-7-5-6-8-20(19)24-16/h5-10,12,14H,4,11,13H2,1-3H3. The van der Waals surface area contributed by atoms with Crippen LogP contribution in [0.2, 0.25) is 0 Å². The number of fused-ring (bicyclic) bond motifs is 1. The van der Waals surface area contributed by atoms with E-state index < -0.39 is 0 Å². The molecule has 3 aromatic heterocycles. The number of hydrogen-bond acceptors (Lipinski definition) is 6. The first kappa shape index (κ1) is 18.0. The molecule has 3 heterocycles. The number of para-hydroxylation sites is 2. The first-order valence-corrected chi connectivity index (χ1v) is 9.43. The van der Waals surface area contributed by atoms with E-state index >= 15 is 0 Å². The molecule has 0 fully saturated rings. The minimum Gasteiger partial charge on any atom is -0.338 e. The van der Waals surface area contributed by atoms with Gasteiger partial charge in [-0.05, 0) is 31.5 Å². The Morgan fingerprint density at radius 1 is 1.04 bits per heavy atom. The van der Waals surface area contributed by atoms with Crippen molar-refractivity contribution in [3.63, 3.8) is 0 Å². The van der Waals surface area contributed by atoms with Crippen LogP contribution < -0.4 is 4.90 Å². The van der Waals surface area contributed by atoms with Crippen molar-refractivity contribution in [1.82, 2.24) is 29.7 Å². The van der Waals surface area contributed by atoms with Crippen LogP contribution in [0.4, 0.5) is 5.95 Å². The zero-order valence-corrected chi connectivity index (χ0v) is 16.4. The topological polar surface area (TPSA) is 72.6 Å². The van der Waals surface area contributed by atoms with Gasteiger partial charge in [-0.3, -0.25) is 9.67 Å². The number of aryl methyl sites for hydroxylation is 2. The Hall–Kier alpha value is -3.35. The highest BCUT2D eigenvalue weighted by Gasteiger charge is 2.12. The van der Waals surface area contributed by atoms with E-state index in [2.05, 4.69) is 33.2 Å². The number of benzene rings is 1. The van der Waals surface area contributed by atoms with Crippen molar-refractivity contribution in [3.8, 4) is 11.3 Å². The maximum Gasteiger partial charge on any atom is 0.225 e. The van der Waals surface area contributed by atoms with Crippen molar-refractivity contribution >= 4 is 17.0 Å². The van der Waals surface area contributed by atoms with Crippen LogP contribution in [0.25, 0.3) is 22.3 Å². The summed E-state index contributed by atoms with van der Waals surface area (Å²) in [6, 6.07) is 9.79. The second kappa shape index (κ2) is 7.72. The van der Waals surface area contributed by atoms with Crippen molar-refractivity contribution in [2.24, 2.45) is 0 Å². The van der Waals surface area contributed by atoms with Crippen molar-refractivity contribution in [2.45, 2.75) is 33.4 Å². The Labute approximate surface area is 164 Å². The second-order valence-corrected chi connectivity index (χ2v) is 6.84. The van der Waals surface area contributed by atoms with Crippen molar-refractivity contribution in [3.05, 3.63) is 60.3 Å². The summed E-state index contributed by atoms with van der Waals surface area (Å²) < 4.78 is 1.97. The normalized spacial score (nSPS) is 11.1. The summed E-state index contributed by atoms with van der Waals surface area (Å²) in [6.07, 6.45) is 6.70. The average Bonchev–Trinajstić information content (AvgIpc) is 3.08. The molecule has 0 amide bonds.